The summed E-state index contributed by atoms with van der Waals surface area (Å²) in [6.07, 6.45) is 17.2. The molecule has 9 atom stereocenters. The highest BCUT2D eigenvalue weighted by atomic mass is 16.5. The molecule has 0 amide bonds. The van der Waals surface area contributed by atoms with Crippen LogP contribution in [0.1, 0.15) is 106 Å². The van der Waals surface area contributed by atoms with E-state index in [-0.39, 0.29) is 0 Å². The fourth-order valence-electron chi connectivity index (χ4n) is 8.92. The van der Waals surface area contributed by atoms with Crippen LogP contribution in [0.15, 0.2) is 11.6 Å². The first-order chi connectivity index (χ1) is 14.2. The zero-order chi connectivity index (χ0) is 21.7. The van der Waals surface area contributed by atoms with E-state index in [0.717, 1.165) is 41.4 Å². The van der Waals surface area contributed by atoms with Gasteiger partial charge in [0.05, 0.1) is 6.10 Å². The summed E-state index contributed by atoms with van der Waals surface area (Å²) in [7, 11) is 1.89. The number of hydrogen-bond acceptors (Lipinski definition) is 1. The van der Waals surface area contributed by atoms with E-state index >= 15 is 0 Å². The summed E-state index contributed by atoms with van der Waals surface area (Å²) in [5.41, 5.74) is 2.84. The third kappa shape index (κ3) is 3.74. The van der Waals surface area contributed by atoms with E-state index in [1.165, 1.54) is 64.2 Å². The van der Waals surface area contributed by atoms with Gasteiger partial charge >= 0.3 is 0 Å². The van der Waals surface area contributed by atoms with E-state index in [2.05, 4.69) is 47.6 Å². The van der Waals surface area contributed by atoms with Crippen LogP contribution in [0.25, 0.3) is 0 Å². The fraction of sp³-hybridized carbons (Fsp3) is 0.931. The Hall–Kier alpha value is -0.300. The van der Waals surface area contributed by atoms with E-state index in [0.29, 0.717) is 16.9 Å². The van der Waals surface area contributed by atoms with Gasteiger partial charge in [-0.2, -0.15) is 0 Å². The van der Waals surface area contributed by atoms with E-state index < -0.39 is 0 Å². The third-order valence-corrected chi connectivity index (χ3v) is 11.3. The Kier molecular flexibility index (Phi) is 6.53. The minimum Gasteiger partial charge on any atom is -0.377 e. The lowest BCUT2D eigenvalue weighted by atomic mass is 9.46. The predicted octanol–water partition coefficient (Wildman–Crippen LogP) is 8.29. The van der Waals surface area contributed by atoms with Crippen LogP contribution in [0.4, 0.5) is 0 Å². The Balaban J connectivity index is 1.48. The molecule has 0 radical (unpaired) electrons. The molecule has 0 aromatic heterocycles. The van der Waals surface area contributed by atoms with Crippen molar-refractivity contribution in [2.24, 2.45) is 52.3 Å². The average Bonchev–Trinajstić information content (AvgIpc) is 3.08. The number of methoxy groups -OCH3 is 1. The minimum atomic E-state index is 0.378. The Morgan fingerprint density at radius 2 is 1.70 bits per heavy atom. The van der Waals surface area contributed by atoms with Crippen molar-refractivity contribution in [3.05, 3.63) is 11.6 Å². The molecular weight excluding hydrogens is 364 g/mol. The average molecular weight is 415 g/mol. The van der Waals surface area contributed by atoms with Crippen molar-refractivity contribution in [2.45, 2.75) is 112 Å². The summed E-state index contributed by atoms with van der Waals surface area (Å²) in [4.78, 5) is 0. The molecule has 0 aromatic rings. The number of fused-ring (bicyclic) bond motifs is 5. The van der Waals surface area contributed by atoms with Crippen LogP contribution < -0.4 is 0 Å². The summed E-state index contributed by atoms with van der Waals surface area (Å²) in [5.74, 6) is 6.49. The maximum atomic E-state index is 5.72. The highest BCUT2D eigenvalue weighted by Gasteiger charge is 2.59. The standard InChI is InChI=1S/C29H50O/c1-19(2)20(3)8-9-21(4)25-12-13-26-24-11-10-22-18-23(30-7)14-16-28(22,5)27(24)15-17-29(25,26)6/h18-21,23-27H,8-17H2,1-7H3/t20-,21+,23+,24-,25+,26-,27-,28-,29+/m0/s1. The lowest BCUT2D eigenvalue weighted by molar-refractivity contribution is -0.0640. The summed E-state index contributed by atoms with van der Waals surface area (Å²) in [5, 5.41) is 0. The Bertz CT molecular complexity index is 634. The third-order valence-electron chi connectivity index (χ3n) is 11.3. The number of rotatable bonds is 6. The van der Waals surface area contributed by atoms with Gasteiger partial charge in [0.25, 0.3) is 0 Å². The van der Waals surface area contributed by atoms with Gasteiger partial charge in [0.1, 0.15) is 0 Å². The molecule has 4 rings (SSSR count). The van der Waals surface area contributed by atoms with Gasteiger partial charge in [0.15, 0.2) is 0 Å². The predicted molar refractivity (Wildman–Crippen MR) is 128 cm³/mol. The zero-order valence-corrected chi connectivity index (χ0v) is 21.2. The molecule has 172 valence electrons. The van der Waals surface area contributed by atoms with Crippen LogP contribution >= 0.6 is 0 Å². The summed E-state index contributed by atoms with van der Waals surface area (Å²) in [6, 6.07) is 0. The summed E-state index contributed by atoms with van der Waals surface area (Å²) in [6.45, 7) is 15.2. The Morgan fingerprint density at radius 3 is 2.40 bits per heavy atom. The Labute approximate surface area is 187 Å². The maximum Gasteiger partial charge on any atom is 0.0755 e. The van der Waals surface area contributed by atoms with Crippen molar-refractivity contribution in [3.63, 3.8) is 0 Å². The molecule has 1 nitrogen and oxygen atoms in total. The second-order valence-corrected chi connectivity index (χ2v) is 12.8. The summed E-state index contributed by atoms with van der Waals surface area (Å²) < 4.78 is 5.72. The molecule has 0 unspecified atom stereocenters. The number of ether oxygens (including phenoxy) is 1. The van der Waals surface area contributed by atoms with Gasteiger partial charge in [-0.25, -0.2) is 0 Å². The van der Waals surface area contributed by atoms with Gasteiger partial charge in [-0.15, -0.1) is 0 Å². The normalized spacial score (nSPS) is 45.3. The summed E-state index contributed by atoms with van der Waals surface area (Å²) >= 11 is 0. The molecule has 30 heavy (non-hydrogen) atoms. The molecule has 4 aliphatic carbocycles. The van der Waals surface area contributed by atoms with Crippen molar-refractivity contribution in [1.29, 1.82) is 0 Å². The topological polar surface area (TPSA) is 9.23 Å². The quantitative estimate of drug-likeness (QED) is 0.397. The van der Waals surface area contributed by atoms with Gasteiger partial charge in [-0.3, -0.25) is 0 Å². The molecule has 0 aliphatic heterocycles. The minimum absolute atomic E-state index is 0.378. The van der Waals surface area contributed by atoms with E-state index in [1.807, 2.05) is 7.11 Å². The zero-order valence-electron chi connectivity index (χ0n) is 21.2. The van der Waals surface area contributed by atoms with Crippen LogP contribution in [0.3, 0.4) is 0 Å². The molecule has 0 aromatic carbocycles. The van der Waals surface area contributed by atoms with Crippen molar-refractivity contribution >= 4 is 0 Å². The highest BCUT2D eigenvalue weighted by molar-refractivity contribution is 5.25. The second-order valence-electron chi connectivity index (χ2n) is 12.8. The van der Waals surface area contributed by atoms with Gasteiger partial charge in [-0.1, -0.05) is 66.0 Å². The molecule has 0 spiro atoms. The van der Waals surface area contributed by atoms with Crippen molar-refractivity contribution in [3.8, 4) is 0 Å². The number of allylic oxidation sites excluding steroid dienone is 1. The van der Waals surface area contributed by atoms with Gasteiger partial charge in [-0.05, 0) is 104 Å². The lowest BCUT2D eigenvalue weighted by Crippen LogP contribution is -2.51. The van der Waals surface area contributed by atoms with E-state index in [4.69, 9.17) is 4.74 Å². The molecule has 1 heteroatoms. The molecule has 3 fully saturated rings. The molecular formula is C29H50O. The fourth-order valence-corrected chi connectivity index (χ4v) is 8.92. The van der Waals surface area contributed by atoms with Crippen molar-refractivity contribution < 1.29 is 4.74 Å². The van der Waals surface area contributed by atoms with Gasteiger partial charge in [0.2, 0.25) is 0 Å². The molecule has 3 saturated carbocycles. The van der Waals surface area contributed by atoms with Crippen LogP contribution in [0.5, 0.6) is 0 Å². The highest BCUT2D eigenvalue weighted by Crippen LogP contribution is 2.67. The van der Waals surface area contributed by atoms with Crippen molar-refractivity contribution in [2.75, 3.05) is 7.11 Å². The largest absolute Gasteiger partial charge is 0.377 e. The second kappa shape index (κ2) is 8.57. The van der Waals surface area contributed by atoms with E-state index in [9.17, 15) is 0 Å². The van der Waals surface area contributed by atoms with Crippen LogP contribution in [-0.4, -0.2) is 13.2 Å². The SMILES string of the molecule is CO[C@H]1C=C2CC[C@H]3[C@@H]4CC[C@H]([C@H](C)CC[C@H](C)C(C)C)[C@@]4(C)CC[C@@H]3[C@@]2(C)CC1. The van der Waals surface area contributed by atoms with E-state index in [1.54, 1.807) is 5.57 Å². The molecule has 0 saturated heterocycles. The van der Waals surface area contributed by atoms with Crippen molar-refractivity contribution in [1.82, 2.24) is 0 Å². The molecule has 0 bridgehead atoms. The monoisotopic (exact) mass is 414 g/mol. The smallest absolute Gasteiger partial charge is 0.0755 e. The van der Waals surface area contributed by atoms with Crippen LogP contribution in [0, 0.1) is 52.3 Å². The maximum absolute atomic E-state index is 5.72. The number of hydrogen-bond donors (Lipinski definition) is 0. The first kappa shape index (κ1) is 22.9. The first-order valence-electron chi connectivity index (χ1n) is 13.4. The van der Waals surface area contributed by atoms with Crippen LogP contribution in [0.2, 0.25) is 0 Å². The van der Waals surface area contributed by atoms with Gasteiger partial charge in [0, 0.05) is 7.11 Å². The molecule has 0 heterocycles. The van der Waals surface area contributed by atoms with Gasteiger partial charge < -0.3 is 4.74 Å². The Morgan fingerprint density at radius 1 is 0.933 bits per heavy atom. The molecule has 4 aliphatic rings. The van der Waals surface area contributed by atoms with Crippen LogP contribution in [-0.2, 0) is 4.74 Å². The molecule has 0 N–H and O–H groups in total. The first-order valence-corrected chi connectivity index (χ1v) is 13.4. The lowest BCUT2D eigenvalue weighted by Gasteiger charge is -2.59.